The van der Waals surface area contributed by atoms with E-state index < -0.39 is 0 Å². The van der Waals surface area contributed by atoms with Crippen LogP contribution < -0.4 is 10.6 Å². The highest BCUT2D eigenvalue weighted by atomic mass is 16.2. The Labute approximate surface area is 206 Å². The lowest BCUT2D eigenvalue weighted by molar-refractivity contribution is 0.0706. The van der Waals surface area contributed by atoms with E-state index in [1.807, 2.05) is 4.90 Å². The number of aromatic nitrogens is 3. The highest BCUT2D eigenvalue weighted by molar-refractivity contribution is 6.04. The minimum Gasteiger partial charge on any atom is -0.370 e. The van der Waals surface area contributed by atoms with E-state index in [1.54, 1.807) is 31.4 Å². The van der Waals surface area contributed by atoms with Crippen LogP contribution in [-0.2, 0) is 7.05 Å². The molecule has 8 nitrogen and oxygen atoms in total. The van der Waals surface area contributed by atoms with Gasteiger partial charge in [0.05, 0.1) is 5.56 Å². The van der Waals surface area contributed by atoms with Crippen molar-refractivity contribution in [3.63, 3.8) is 0 Å². The number of rotatable bonds is 7. The average Bonchev–Trinajstić information content (AvgIpc) is 3.23. The molecule has 2 amide bonds. The summed E-state index contributed by atoms with van der Waals surface area (Å²) in [6.07, 6.45) is 3.40. The number of hydrogen-bond acceptors (Lipinski definition) is 5. The summed E-state index contributed by atoms with van der Waals surface area (Å²) >= 11 is 0. The number of anilines is 2. The number of nitrogens with zero attached hydrogens (tertiary/aromatic N) is 4. The minimum absolute atomic E-state index is 0.106. The van der Waals surface area contributed by atoms with Gasteiger partial charge in [0.1, 0.15) is 11.6 Å². The predicted octanol–water partition coefficient (Wildman–Crippen LogP) is 4.46. The Morgan fingerprint density at radius 2 is 1.80 bits per heavy atom. The molecule has 0 unspecified atom stereocenters. The lowest BCUT2D eigenvalue weighted by Crippen LogP contribution is -2.38. The van der Waals surface area contributed by atoms with E-state index in [2.05, 4.69) is 65.8 Å². The first-order valence-corrected chi connectivity index (χ1v) is 12.2. The van der Waals surface area contributed by atoms with Crippen molar-refractivity contribution in [3.05, 3.63) is 71.0 Å². The number of carbonyl (C=O) groups excluding carboxylic acids is 2. The monoisotopic (exact) mass is 474 g/mol. The van der Waals surface area contributed by atoms with Crippen LogP contribution >= 0.6 is 0 Å². The van der Waals surface area contributed by atoms with E-state index in [4.69, 9.17) is 0 Å². The molecule has 1 aliphatic heterocycles. The zero-order chi connectivity index (χ0) is 24.9. The van der Waals surface area contributed by atoms with Crippen molar-refractivity contribution >= 4 is 23.5 Å². The van der Waals surface area contributed by atoms with E-state index in [-0.39, 0.29) is 11.8 Å². The largest absolute Gasteiger partial charge is 0.370 e. The summed E-state index contributed by atoms with van der Waals surface area (Å²) in [6.45, 7) is 8.53. The minimum atomic E-state index is -0.297. The third kappa shape index (κ3) is 6.07. The second-order valence-electron chi connectivity index (χ2n) is 9.68. The van der Waals surface area contributed by atoms with Crippen LogP contribution in [0.4, 0.5) is 11.6 Å². The number of hydrogen-bond donors (Lipinski definition) is 2. The van der Waals surface area contributed by atoms with E-state index in [0.29, 0.717) is 42.0 Å². The van der Waals surface area contributed by atoms with Crippen LogP contribution in [0.2, 0.25) is 0 Å². The first kappa shape index (κ1) is 24.4. The smallest absolute Gasteiger partial charge is 0.274 e. The molecule has 3 aromatic rings. The molecule has 1 saturated heterocycles. The summed E-state index contributed by atoms with van der Waals surface area (Å²) in [6, 6.07) is 13.8. The molecule has 0 aliphatic carbocycles. The zero-order valence-corrected chi connectivity index (χ0v) is 20.9. The van der Waals surface area contributed by atoms with E-state index in [0.717, 1.165) is 25.2 Å². The Morgan fingerprint density at radius 1 is 1.09 bits per heavy atom. The van der Waals surface area contributed by atoms with Crippen LogP contribution in [0.15, 0.2) is 48.7 Å². The molecule has 1 aromatic carbocycles. The predicted molar refractivity (Wildman–Crippen MR) is 138 cm³/mol. The van der Waals surface area contributed by atoms with Gasteiger partial charge in [-0.25, -0.2) is 4.98 Å². The van der Waals surface area contributed by atoms with Crippen molar-refractivity contribution in [1.29, 1.82) is 0 Å². The molecule has 0 spiro atoms. The summed E-state index contributed by atoms with van der Waals surface area (Å²) in [5.74, 6) is 1.77. The summed E-state index contributed by atoms with van der Waals surface area (Å²) in [7, 11) is 1.72. The van der Waals surface area contributed by atoms with Gasteiger partial charge in [0.15, 0.2) is 5.69 Å². The van der Waals surface area contributed by atoms with Gasteiger partial charge in [0.2, 0.25) is 0 Å². The van der Waals surface area contributed by atoms with Gasteiger partial charge in [-0.05, 0) is 49.3 Å². The van der Waals surface area contributed by atoms with Crippen molar-refractivity contribution in [1.82, 2.24) is 19.7 Å². The number of benzene rings is 1. The molecule has 0 saturated carbocycles. The maximum Gasteiger partial charge on any atom is 0.274 e. The van der Waals surface area contributed by atoms with Crippen LogP contribution in [0, 0.1) is 12.8 Å². The number of likely N-dealkylation sites (tertiary alicyclic amines) is 1. The normalized spacial score (nSPS) is 14.3. The quantitative estimate of drug-likeness (QED) is 0.527. The van der Waals surface area contributed by atoms with E-state index in [9.17, 15) is 9.59 Å². The summed E-state index contributed by atoms with van der Waals surface area (Å²) in [5, 5.41) is 10.4. The first-order chi connectivity index (χ1) is 16.8. The highest BCUT2D eigenvalue weighted by Crippen LogP contribution is 2.29. The molecule has 184 valence electrons. The van der Waals surface area contributed by atoms with Crippen LogP contribution in [0.1, 0.15) is 64.6 Å². The third-order valence-electron chi connectivity index (χ3n) is 6.39. The molecule has 3 heterocycles. The maximum absolute atomic E-state index is 13.1. The van der Waals surface area contributed by atoms with Crippen molar-refractivity contribution in [2.75, 3.05) is 30.3 Å². The molecule has 2 aromatic heterocycles. The molecular weight excluding hydrogens is 440 g/mol. The molecule has 35 heavy (non-hydrogen) atoms. The van der Waals surface area contributed by atoms with Crippen molar-refractivity contribution in [2.24, 2.45) is 13.0 Å². The van der Waals surface area contributed by atoms with Crippen LogP contribution in [0.5, 0.6) is 0 Å². The summed E-state index contributed by atoms with van der Waals surface area (Å²) in [5.41, 5.74) is 3.37. The number of pyridine rings is 1. The standard InChI is InChI=1S/C27H34N6O2/c1-18(2)16-28-24-10-9-22(17-29-24)26(34)30-25-15-23(31-32(25)4)27(35)33-13-11-21(12-14-33)20-7-5-19(3)6-8-20/h5-10,15,17-18,21H,11-14,16H2,1-4H3,(H,28,29)(H,30,34). The van der Waals surface area contributed by atoms with Crippen molar-refractivity contribution in [2.45, 2.75) is 39.5 Å². The lowest BCUT2D eigenvalue weighted by Gasteiger charge is -2.31. The molecule has 1 fully saturated rings. The highest BCUT2D eigenvalue weighted by Gasteiger charge is 2.26. The first-order valence-electron chi connectivity index (χ1n) is 12.2. The third-order valence-corrected chi connectivity index (χ3v) is 6.39. The summed E-state index contributed by atoms with van der Waals surface area (Å²) < 4.78 is 1.52. The molecular formula is C27H34N6O2. The Morgan fingerprint density at radius 3 is 2.43 bits per heavy atom. The van der Waals surface area contributed by atoms with Gasteiger partial charge in [-0.3, -0.25) is 14.3 Å². The average molecular weight is 475 g/mol. The fraction of sp³-hybridized carbons (Fsp3) is 0.407. The second kappa shape index (κ2) is 10.7. The number of carbonyl (C=O) groups is 2. The number of piperidine rings is 1. The number of nitrogens with one attached hydrogen (secondary N) is 2. The Balaban J connectivity index is 1.34. The number of amides is 2. The van der Waals surface area contributed by atoms with Crippen molar-refractivity contribution in [3.8, 4) is 0 Å². The second-order valence-corrected chi connectivity index (χ2v) is 9.68. The lowest BCUT2D eigenvalue weighted by atomic mass is 9.89. The SMILES string of the molecule is Cc1ccc(C2CCN(C(=O)c3cc(NC(=O)c4ccc(NCC(C)C)nc4)n(C)n3)CC2)cc1. The van der Waals surface area contributed by atoms with Gasteiger partial charge in [-0.2, -0.15) is 5.10 Å². The van der Waals surface area contributed by atoms with E-state index >= 15 is 0 Å². The molecule has 0 radical (unpaired) electrons. The molecule has 8 heteroatoms. The van der Waals surface area contributed by atoms with Gasteiger partial charge >= 0.3 is 0 Å². The van der Waals surface area contributed by atoms with Crippen LogP contribution in [0.25, 0.3) is 0 Å². The maximum atomic E-state index is 13.1. The molecule has 4 rings (SSSR count). The molecule has 0 bridgehead atoms. The Kier molecular flexibility index (Phi) is 7.48. The zero-order valence-electron chi connectivity index (χ0n) is 20.9. The Bertz CT molecular complexity index is 1160. The van der Waals surface area contributed by atoms with Crippen LogP contribution in [0.3, 0.4) is 0 Å². The fourth-order valence-corrected chi connectivity index (χ4v) is 4.24. The van der Waals surface area contributed by atoms with Crippen molar-refractivity contribution < 1.29 is 9.59 Å². The molecule has 1 aliphatic rings. The Hall–Kier alpha value is -3.68. The van der Waals surface area contributed by atoms with Gasteiger partial charge in [0, 0.05) is 38.9 Å². The topological polar surface area (TPSA) is 92.2 Å². The fourth-order valence-electron chi connectivity index (χ4n) is 4.24. The van der Waals surface area contributed by atoms with E-state index in [1.165, 1.54) is 15.8 Å². The molecule has 2 N–H and O–H groups in total. The van der Waals surface area contributed by atoms with Gasteiger partial charge in [-0.1, -0.05) is 43.7 Å². The number of aryl methyl sites for hydroxylation is 2. The molecule has 0 atom stereocenters. The van der Waals surface area contributed by atoms with Crippen LogP contribution in [-0.4, -0.2) is 51.1 Å². The van der Waals surface area contributed by atoms with Gasteiger partial charge in [-0.15, -0.1) is 0 Å². The van der Waals surface area contributed by atoms with Gasteiger partial charge in [0.25, 0.3) is 11.8 Å². The van der Waals surface area contributed by atoms with Gasteiger partial charge < -0.3 is 15.5 Å². The summed E-state index contributed by atoms with van der Waals surface area (Å²) in [4.78, 5) is 31.9.